The third-order valence-electron chi connectivity index (χ3n) is 5.22. The average molecular weight is 509 g/mol. The van der Waals surface area contributed by atoms with Crippen molar-refractivity contribution in [2.24, 2.45) is 5.10 Å². The van der Waals surface area contributed by atoms with Gasteiger partial charge < -0.3 is 10.1 Å². The lowest BCUT2D eigenvalue weighted by Gasteiger charge is -2.05. The first-order chi connectivity index (χ1) is 18.1. The molecule has 182 valence electrons. The Morgan fingerprint density at radius 1 is 0.865 bits per heavy atom. The van der Waals surface area contributed by atoms with E-state index >= 15 is 0 Å². The number of halogens is 1. The molecule has 5 rings (SSSR count). The van der Waals surface area contributed by atoms with Crippen molar-refractivity contribution in [1.82, 2.24) is 4.98 Å². The van der Waals surface area contributed by atoms with Gasteiger partial charge in [0.15, 0.2) is 0 Å². The van der Waals surface area contributed by atoms with Crippen molar-refractivity contribution in [2.75, 3.05) is 10.7 Å². The smallest absolute Gasteiger partial charge is 0.256 e. The van der Waals surface area contributed by atoms with Crippen LogP contribution in [0.3, 0.4) is 0 Å². The zero-order chi connectivity index (χ0) is 25.5. The Kier molecular flexibility index (Phi) is 7.29. The summed E-state index contributed by atoms with van der Waals surface area (Å²) in [7, 11) is 0. The number of para-hydroxylation sites is 1. The maximum Gasteiger partial charge on any atom is 0.256 e. The van der Waals surface area contributed by atoms with Crippen molar-refractivity contribution >= 4 is 33.6 Å². The maximum absolute atomic E-state index is 13.3. The fourth-order valence-corrected chi connectivity index (χ4v) is 4.30. The topological polar surface area (TPSA) is 75.6 Å². The van der Waals surface area contributed by atoms with Crippen molar-refractivity contribution in [3.63, 3.8) is 0 Å². The second-order valence-electron chi connectivity index (χ2n) is 7.88. The molecule has 0 unspecified atom stereocenters. The molecule has 6 nitrogen and oxygen atoms in total. The van der Waals surface area contributed by atoms with Crippen LogP contribution in [-0.2, 0) is 0 Å². The number of hydrazone groups is 1. The highest BCUT2D eigenvalue weighted by molar-refractivity contribution is 7.20. The first-order valence-electron chi connectivity index (χ1n) is 11.4. The number of nitrogens with one attached hydrogen (secondary N) is 2. The summed E-state index contributed by atoms with van der Waals surface area (Å²) in [5.74, 6) is 0.689. The molecule has 4 aromatic carbocycles. The number of thiazole rings is 1. The van der Waals surface area contributed by atoms with E-state index in [-0.39, 0.29) is 5.91 Å². The van der Waals surface area contributed by atoms with Gasteiger partial charge in [0.2, 0.25) is 5.13 Å². The molecule has 0 aliphatic heterocycles. The molecule has 0 spiro atoms. The van der Waals surface area contributed by atoms with Crippen LogP contribution in [-0.4, -0.2) is 17.1 Å². The summed E-state index contributed by atoms with van der Waals surface area (Å²) in [5, 5.41) is 8.26. The molecular weight excluding hydrogens is 487 g/mol. The zero-order valence-corrected chi connectivity index (χ0v) is 20.3. The predicted octanol–water partition coefficient (Wildman–Crippen LogP) is 7.44. The van der Waals surface area contributed by atoms with E-state index in [0.29, 0.717) is 27.1 Å². The normalized spacial score (nSPS) is 10.8. The molecule has 0 aliphatic carbocycles. The van der Waals surface area contributed by atoms with Gasteiger partial charge in [-0.25, -0.2) is 9.37 Å². The van der Waals surface area contributed by atoms with Crippen LogP contribution < -0.4 is 15.5 Å². The van der Waals surface area contributed by atoms with Crippen LogP contribution in [0, 0.1) is 5.82 Å². The van der Waals surface area contributed by atoms with Gasteiger partial charge in [-0.1, -0.05) is 72.0 Å². The van der Waals surface area contributed by atoms with Gasteiger partial charge in [-0.2, -0.15) is 5.10 Å². The standard InChI is InChI=1S/C29H21FN4O2S/c30-23-16-14-22(15-17-23)27(35)33-28-26(21-9-3-1-4-10-21)32-29(37-28)34-31-19-20-8-7-13-25(18-20)36-24-11-5-2-6-12-24/h1-19H,(H,32,34)(H,33,35)/b31-19-. The minimum absolute atomic E-state index is 0.346. The van der Waals surface area contributed by atoms with Gasteiger partial charge in [0.05, 0.1) is 6.21 Å². The second-order valence-corrected chi connectivity index (χ2v) is 8.88. The van der Waals surface area contributed by atoms with Crippen LogP contribution in [0.25, 0.3) is 11.3 Å². The Hall–Kier alpha value is -4.82. The molecule has 0 radical (unpaired) electrons. The lowest BCUT2D eigenvalue weighted by atomic mass is 10.1. The molecule has 2 N–H and O–H groups in total. The SMILES string of the molecule is O=C(Nc1sc(N/N=C\c2cccc(Oc3ccccc3)c2)nc1-c1ccccc1)c1ccc(F)cc1. The lowest BCUT2D eigenvalue weighted by molar-refractivity contribution is 0.102. The van der Waals surface area contributed by atoms with E-state index in [2.05, 4.69) is 20.8 Å². The van der Waals surface area contributed by atoms with Crippen LogP contribution in [0.4, 0.5) is 14.5 Å². The molecule has 0 atom stereocenters. The Labute approximate surface area is 217 Å². The summed E-state index contributed by atoms with van der Waals surface area (Å²) in [6.07, 6.45) is 1.66. The van der Waals surface area contributed by atoms with Crippen molar-refractivity contribution in [2.45, 2.75) is 0 Å². The van der Waals surface area contributed by atoms with E-state index in [9.17, 15) is 9.18 Å². The Morgan fingerprint density at radius 3 is 2.32 bits per heavy atom. The highest BCUT2D eigenvalue weighted by Crippen LogP contribution is 2.36. The first kappa shape index (κ1) is 23.9. The molecule has 0 fully saturated rings. The summed E-state index contributed by atoms with van der Waals surface area (Å²) in [6.45, 7) is 0. The number of amides is 1. The minimum atomic E-state index is -0.402. The molecule has 1 aromatic heterocycles. The third-order valence-corrected chi connectivity index (χ3v) is 6.09. The minimum Gasteiger partial charge on any atom is -0.457 e. The molecule has 0 aliphatic rings. The summed E-state index contributed by atoms with van der Waals surface area (Å²) in [4.78, 5) is 17.4. The van der Waals surface area contributed by atoms with Gasteiger partial charge in [0, 0.05) is 11.1 Å². The molecule has 1 heterocycles. The van der Waals surface area contributed by atoms with Crippen LogP contribution in [0.5, 0.6) is 11.5 Å². The van der Waals surface area contributed by atoms with Gasteiger partial charge in [0.25, 0.3) is 5.91 Å². The number of aromatic nitrogens is 1. The summed E-state index contributed by atoms with van der Waals surface area (Å²) < 4.78 is 19.1. The predicted molar refractivity (Wildman–Crippen MR) is 146 cm³/mol. The van der Waals surface area contributed by atoms with Crippen molar-refractivity contribution < 1.29 is 13.9 Å². The van der Waals surface area contributed by atoms with Crippen LogP contribution >= 0.6 is 11.3 Å². The Balaban J connectivity index is 1.33. The van der Waals surface area contributed by atoms with E-state index in [1.807, 2.05) is 84.9 Å². The van der Waals surface area contributed by atoms with Gasteiger partial charge in [-0.3, -0.25) is 10.2 Å². The second kappa shape index (κ2) is 11.3. The van der Waals surface area contributed by atoms with Gasteiger partial charge in [0.1, 0.15) is 28.0 Å². The molecule has 5 aromatic rings. The molecule has 8 heteroatoms. The number of carbonyl (C=O) groups excluding carboxylic acids is 1. The number of hydrogen-bond acceptors (Lipinski definition) is 6. The molecule has 1 amide bonds. The molecular formula is C29H21FN4O2S. The fraction of sp³-hybridized carbons (Fsp3) is 0. The Bertz CT molecular complexity index is 1520. The van der Waals surface area contributed by atoms with E-state index in [0.717, 1.165) is 16.9 Å². The number of rotatable bonds is 8. The van der Waals surface area contributed by atoms with Crippen molar-refractivity contribution in [1.29, 1.82) is 0 Å². The first-order valence-corrected chi connectivity index (χ1v) is 12.2. The lowest BCUT2D eigenvalue weighted by Crippen LogP contribution is -2.11. The molecule has 0 bridgehead atoms. The van der Waals surface area contributed by atoms with Crippen LogP contribution in [0.1, 0.15) is 15.9 Å². The quantitative estimate of drug-likeness (QED) is 0.169. The Morgan fingerprint density at radius 2 is 1.57 bits per heavy atom. The number of benzene rings is 4. The summed E-state index contributed by atoms with van der Waals surface area (Å²) in [5.41, 5.74) is 5.59. The van der Waals surface area contributed by atoms with Crippen molar-refractivity contribution in [3.05, 3.63) is 126 Å². The number of hydrogen-bond donors (Lipinski definition) is 2. The monoisotopic (exact) mass is 508 g/mol. The molecule has 0 saturated carbocycles. The van der Waals surface area contributed by atoms with E-state index in [1.165, 1.54) is 35.6 Å². The van der Waals surface area contributed by atoms with Gasteiger partial charge in [-0.05, 0) is 54.1 Å². The average Bonchev–Trinajstić information content (AvgIpc) is 3.32. The van der Waals surface area contributed by atoms with Crippen LogP contribution in [0.15, 0.2) is 114 Å². The zero-order valence-electron chi connectivity index (χ0n) is 19.5. The highest BCUT2D eigenvalue weighted by Gasteiger charge is 2.16. The molecule has 37 heavy (non-hydrogen) atoms. The number of anilines is 2. The van der Waals surface area contributed by atoms with E-state index < -0.39 is 5.82 Å². The van der Waals surface area contributed by atoms with Crippen molar-refractivity contribution in [3.8, 4) is 22.8 Å². The van der Waals surface area contributed by atoms with Gasteiger partial charge >= 0.3 is 0 Å². The summed E-state index contributed by atoms with van der Waals surface area (Å²) in [6, 6.07) is 32.0. The fourth-order valence-electron chi connectivity index (χ4n) is 3.47. The van der Waals surface area contributed by atoms with Gasteiger partial charge in [-0.15, -0.1) is 0 Å². The number of carbonyl (C=O) groups is 1. The van der Waals surface area contributed by atoms with E-state index in [4.69, 9.17) is 4.74 Å². The highest BCUT2D eigenvalue weighted by atomic mass is 32.1. The number of nitrogens with zero attached hydrogens (tertiary/aromatic N) is 2. The van der Waals surface area contributed by atoms with E-state index in [1.54, 1.807) is 6.21 Å². The third kappa shape index (κ3) is 6.25. The number of ether oxygens (including phenoxy) is 1. The maximum atomic E-state index is 13.3. The molecule has 0 saturated heterocycles. The van der Waals surface area contributed by atoms with Crippen LogP contribution in [0.2, 0.25) is 0 Å². The summed E-state index contributed by atoms with van der Waals surface area (Å²) >= 11 is 1.25. The largest absolute Gasteiger partial charge is 0.457 e.